The molecule has 0 aliphatic carbocycles. The maximum absolute atomic E-state index is 11.1. The van der Waals surface area contributed by atoms with Gasteiger partial charge in [-0.2, -0.15) is 15.0 Å². The van der Waals surface area contributed by atoms with Crippen LogP contribution in [-0.2, 0) is 11.2 Å². The van der Waals surface area contributed by atoms with Crippen molar-refractivity contribution in [2.24, 2.45) is 0 Å². The van der Waals surface area contributed by atoms with Gasteiger partial charge >= 0.3 is 0 Å². The minimum Gasteiger partial charge on any atom is -0.387 e. The van der Waals surface area contributed by atoms with Gasteiger partial charge in [-0.1, -0.05) is 72.7 Å². The summed E-state index contributed by atoms with van der Waals surface area (Å²) < 4.78 is 13.1. The number of hydrogen-bond acceptors (Lipinski definition) is 12. The number of nitrogens with zero attached hydrogens (tertiary/aromatic N) is 6. The van der Waals surface area contributed by atoms with Gasteiger partial charge in [-0.05, 0) is 24.1 Å². The second-order valence-electron chi connectivity index (χ2n) is 11.1. The number of aryl methyl sites for hydroxylation is 1. The standard InChI is InChI=1S/C31H35N9O4/c1-2-22-36-29(44-39-22)26-24(41)25(42)30(43-26)40-17-34-23-27(37-31(38-28(23)40)35-20-13-14-32-15-20)33-16-21(18-9-5-3-6-10-18)19-11-7-4-8-12-19/h3-12,17,20-21,24-26,30,32,41-42H,2,13-16H2,1H3,(H2,33,35,37,38)/t20?,24-,25+,26-,30+/m0/s1. The van der Waals surface area contributed by atoms with Crippen LogP contribution in [0, 0.1) is 0 Å². The lowest BCUT2D eigenvalue weighted by atomic mass is 9.91. The molecule has 2 aliphatic rings. The zero-order chi connectivity index (χ0) is 30.0. The number of ether oxygens (including phenoxy) is 1. The molecule has 13 nitrogen and oxygen atoms in total. The molecule has 5 aromatic rings. The van der Waals surface area contributed by atoms with Crippen LogP contribution in [0.3, 0.4) is 0 Å². The minimum atomic E-state index is -1.29. The van der Waals surface area contributed by atoms with E-state index in [-0.39, 0.29) is 17.9 Å². The highest BCUT2D eigenvalue weighted by molar-refractivity contribution is 5.84. The van der Waals surface area contributed by atoms with E-state index in [0.717, 1.165) is 19.5 Å². The zero-order valence-electron chi connectivity index (χ0n) is 24.2. The molecule has 13 heteroatoms. The molecule has 5 heterocycles. The highest BCUT2D eigenvalue weighted by Crippen LogP contribution is 2.40. The molecule has 0 spiro atoms. The molecule has 0 amide bonds. The van der Waals surface area contributed by atoms with Crippen LogP contribution in [0.1, 0.15) is 54.4 Å². The molecule has 5 atom stereocenters. The number of benzene rings is 2. The SMILES string of the molecule is CCc1noc([C@H]2O[C@@H](n3cnc4c(NCC(c5ccccc5)c5ccccc5)nc(NC5CCNC5)nc43)[C@H](O)[C@@H]2O)n1. The fraction of sp³-hybridized carbons (Fsp3) is 0.387. The van der Waals surface area contributed by atoms with Crippen molar-refractivity contribution in [1.29, 1.82) is 0 Å². The van der Waals surface area contributed by atoms with E-state index in [1.165, 1.54) is 11.1 Å². The van der Waals surface area contributed by atoms with Crippen molar-refractivity contribution >= 4 is 22.9 Å². The third-order valence-corrected chi connectivity index (χ3v) is 8.25. The topological polar surface area (TPSA) is 168 Å². The van der Waals surface area contributed by atoms with Crippen LogP contribution in [-0.4, -0.2) is 77.8 Å². The lowest BCUT2D eigenvalue weighted by Gasteiger charge is -2.20. The molecule has 1 unspecified atom stereocenters. The van der Waals surface area contributed by atoms with Crippen LogP contribution in [0.4, 0.5) is 11.8 Å². The van der Waals surface area contributed by atoms with Crippen LogP contribution >= 0.6 is 0 Å². The van der Waals surface area contributed by atoms with Gasteiger partial charge in [-0.3, -0.25) is 4.57 Å². The Hall–Kier alpha value is -4.43. The normalized spacial score (nSPS) is 23.5. The molecule has 2 saturated heterocycles. The maximum Gasteiger partial charge on any atom is 0.258 e. The number of aromatic nitrogens is 6. The van der Waals surface area contributed by atoms with Crippen molar-refractivity contribution in [3.8, 4) is 0 Å². The number of nitrogens with one attached hydrogen (secondary N) is 3. The van der Waals surface area contributed by atoms with Crippen molar-refractivity contribution in [2.45, 2.75) is 56.3 Å². The van der Waals surface area contributed by atoms with Gasteiger partial charge in [-0.25, -0.2) is 4.98 Å². The van der Waals surface area contributed by atoms with Gasteiger partial charge in [0.25, 0.3) is 5.89 Å². The van der Waals surface area contributed by atoms with E-state index >= 15 is 0 Å². The molecule has 5 N–H and O–H groups in total. The van der Waals surface area contributed by atoms with Gasteiger partial charge < -0.3 is 35.4 Å². The van der Waals surface area contributed by atoms with Gasteiger partial charge in [0.1, 0.15) is 12.2 Å². The smallest absolute Gasteiger partial charge is 0.258 e. The molecular formula is C31H35N9O4. The Bertz CT molecular complexity index is 1650. The molecule has 2 aliphatic heterocycles. The van der Waals surface area contributed by atoms with E-state index < -0.39 is 24.5 Å². The Morgan fingerprint density at radius 3 is 2.41 bits per heavy atom. The number of anilines is 2. The van der Waals surface area contributed by atoms with E-state index in [1.54, 1.807) is 10.9 Å². The highest BCUT2D eigenvalue weighted by Gasteiger charge is 2.47. The average molecular weight is 598 g/mol. The Kier molecular flexibility index (Phi) is 7.91. The Morgan fingerprint density at radius 2 is 1.75 bits per heavy atom. The number of aliphatic hydroxyl groups is 2. The first-order valence-electron chi connectivity index (χ1n) is 15.0. The lowest BCUT2D eigenvalue weighted by Crippen LogP contribution is -2.29. The van der Waals surface area contributed by atoms with Crippen LogP contribution in [0.5, 0.6) is 0 Å². The van der Waals surface area contributed by atoms with Gasteiger partial charge in [0.05, 0.1) is 6.33 Å². The van der Waals surface area contributed by atoms with Crippen LogP contribution in [0.25, 0.3) is 11.2 Å². The molecule has 2 aromatic carbocycles. The Morgan fingerprint density at radius 1 is 1.00 bits per heavy atom. The number of aliphatic hydroxyl groups excluding tert-OH is 2. The van der Waals surface area contributed by atoms with E-state index in [2.05, 4.69) is 55.3 Å². The van der Waals surface area contributed by atoms with E-state index in [9.17, 15) is 10.2 Å². The first kappa shape index (κ1) is 28.3. The van der Waals surface area contributed by atoms with Crippen LogP contribution in [0.15, 0.2) is 71.5 Å². The van der Waals surface area contributed by atoms with Crippen LogP contribution < -0.4 is 16.0 Å². The summed E-state index contributed by atoms with van der Waals surface area (Å²) in [7, 11) is 0. The highest BCUT2D eigenvalue weighted by atomic mass is 16.6. The molecule has 3 aromatic heterocycles. The van der Waals surface area contributed by atoms with E-state index in [4.69, 9.17) is 19.2 Å². The fourth-order valence-corrected chi connectivity index (χ4v) is 5.87. The molecule has 0 radical (unpaired) electrons. The number of fused-ring (bicyclic) bond motifs is 1. The first-order chi connectivity index (χ1) is 21.6. The summed E-state index contributed by atoms with van der Waals surface area (Å²) in [6.07, 6.45) is -1.53. The second kappa shape index (κ2) is 12.3. The van der Waals surface area contributed by atoms with Crippen molar-refractivity contribution in [2.75, 3.05) is 30.3 Å². The summed E-state index contributed by atoms with van der Waals surface area (Å²) in [6.45, 7) is 4.17. The van der Waals surface area contributed by atoms with Crippen LogP contribution in [0.2, 0.25) is 0 Å². The molecule has 2 fully saturated rings. The van der Waals surface area contributed by atoms with E-state index in [1.807, 2.05) is 43.3 Å². The molecule has 7 rings (SSSR count). The fourth-order valence-electron chi connectivity index (χ4n) is 5.87. The molecule has 0 bridgehead atoms. The Labute approximate surface area is 253 Å². The quantitative estimate of drug-likeness (QED) is 0.160. The summed E-state index contributed by atoms with van der Waals surface area (Å²) in [5, 5.41) is 36.2. The summed E-state index contributed by atoms with van der Waals surface area (Å²) in [5.74, 6) is 1.64. The molecular weight excluding hydrogens is 562 g/mol. The van der Waals surface area contributed by atoms with Gasteiger partial charge in [0.2, 0.25) is 5.95 Å². The first-order valence-corrected chi connectivity index (χ1v) is 15.0. The molecule has 44 heavy (non-hydrogen) atoms. The summed E-state index contributed by atoms with van der Waals surface area (Å²) in [5.41, 5.74) is 3.31. The largest absolute Gasteiger partial charge is 0.387 e. The van der Waals surface area contributed by atoms with Gasteiger partial charge in [0.15, 0.2) is 35.1 Å². The maximum atomic E-state index is 11.1. The summed E-state index contributed by atoms with van der Waals surface area (Å²) in [6, 6.07) is 20.8. The van der Waals surface area contributed by atoms with Crippen molar-refractivity contribution < 1.29 is 19.5 Å². The second-order valence-corrected chi connectivity index (χ2v) is 11.1. The monoisotopic (exact) mass is 597 g/mol. The predicted molar refractivity (Wildman–Crippen MR) is 162 cm³/mol. The van der Waals surface area contributed by atoms with Gasteiger partial charge in [-0.15, -0.1) is 0 Å². The summed E-state index contributed by atoms with van der Waals surface area (Å²) in [4.78, 5) is 18.6. The summed E-state index contributed by atoms with van der Waals surface area (Å²) >= 11 is 0. The zero-order valence-corrected chi connectivity index (χ0v) is 24.2. The third kappa shape index (κ3) is 5.50. The predicted octanol–water partition coefficient (Wildman–Crippen LogP) is 2.78. The minimum absolute atomic E-state index is 0.0539. The lowest BCUT2D eigenvalue weighted by molar-refractivity contribution is -0.0451. The molecule has 228 valence electrons. The van der Waals surface area contributed by atoms with Crippen molar-refractivity contribution in [3.63, 3.8) is 0 Å². The number of imidazole rings is 1. The average Bonchev–Trinajstić information content (AvgIpc) is 3.87. The number of rotatable bonds is 10. The Balaban J connectivity index is 1.23. The van der Waals surface area contributed by atoms with Gasteiger partial charge in [0, 0.05) is 31.5 Å². The van der Waals surface area contributed by atoms with Crippen molar-refractivity contribution in [3.05, 3.63) is 89.8 Å². The van der Waals surface area contributed by atoms with Crippen molar-refractivity contribution in [1.82, 2.24) is 35.0 Å². The third-order valence-electron chi connectivity index (χ3n) is 8.25. The van der Waals surface area contributed by atoms with E-state index in [0.29, 0.717) is 41.7 Å². The number of hydrogen-bond donors (Lipinski definition) is 5. The molecule has 0 saturated carbocycles.